The Balaban J connectivity index is 1.48. The molecule has 0 saturated carbocycles. The van der Waals surface area contributed by atoms with Crippen molar-refractivity contribution in [3.8, 4) is 0 Å². The number of piperazine rings is 1. The quantitative estimate of drug-likeness (QED) is 0.192. The summed E-state index contributed by atoms with van der Waals surface area (Å²) in [6.07, 6.45) is 0. The van der Waals surface area contributed by atoms with Crippen molar-refractivity contribution in [2.75, 3.05) is 74.8 Å². The zero-order chi connectivity index (χ0) is 33.0. The van der Waals surface area contributed by atoms with E-state index >= 15 is 0 Å². The highest BCUT2D eigenvalue weighted by molar-refractivity contribution is 7.85. The van der Waals surface area contributed by atoms with Gasteiger partial charge >= 0.3 is 5.97 Å². The third-order valence-electron chi connectivity index (χ3n) is 8.18. The first-order valence-corrected chi connectivity index (χ1v) is 16.4. The van der Waals surface area contributed by atoms with Gasteiger partial charge < -0.3 is 19.9 Å². The van der Waals surface area contributed by atoms with Gasteiger partial charge in [-0.05, 0) is 42.9 Å². The molecule has 1 saturated heterocycles. The fourth-order valence-corrected chi connectivity index (χ4v) is 6.30. The normalized spacial score (nSPS) is 17.3. The van der Waals surface area contributed by atoms with Crippen molar-refractivity contribution >= 4 is 56.2 Å². The second-order valence-corrected chi connectivity index (χ2v) is 12.8. The zero-order valence-electron chi connectivity index (χ0n) is 25.9. The minimum atomic E-state index is -4.67. The number of para-hydroxylation sites is 1. The van der Waals surface area contributed by atoms with Crippen LogP contribution >= 0.6 is 0 Å². The van der Waals surface area contributed by atoms with Gasteiger partial charge in [-0.2, -0.15) is 8.42 Å². The Morgan fingerprint density at radius 1 is 0.957 bits per heavy atom. The summed E-state index contributed by atoms with van der Waals surface area (Å²) in [7, 11) is 0.228. The Kier molecular flexibility index (Phi) is 9.87. The number of hydrogen-bond acceptors (Lipinski definition) is 9. The number of carbonyl (C=O) groups excluding carboxylic acids is 3. The van der Waals surface area contributed by atoms with Crippen LogP contribution in [0.2, 0.25) is 0 Å². The molecule has 12 nitrogen and oxygen atoms in total. The van der Waals surface area contributed by atoms with Crippen molar-refractivity contribution in [2.24, 2.45) is 0 Å². The lowest BCUT2D eigenvalue weighted by Gasteiger charge is -2.32. The Morgan fingerprint density at radius 2 is 1.59 bits per heavy atom. The molecule has 46 heavy (non-hydrogen) atoms. The van der Waals surface area contributed by atoms with Gasteiger partial charge in [0.1, 0.15) is 5.75 Å². The van der Waals surface area contributed by atoms with Crippen molar-refractivity contribution in [2.45, 2.75) is 6.04 Å². The van der Waals surface area contributed by atoms with Crippen molar-refractivity contribution in [1.29, 1.82) is 0 Å². The molecular formula is C33H37N5O7S. The monoisotopic (exact) mass is 647 g/mol. The number of nitrogens with one attached hydrogen (secondary N) is 1. The van der Waals surface area contributed by atoms with Crippen molar-refractivity contribution < 1.29 is 32.1 Å². The molecule has 0 aromatic heterocycles. The van der Waals surface area contributed by atoms with E-state index in [0.717, 1.165) is 38.2 Å². The Labute approximate surface area is 268 Å². The minimum absolute atomic E-state index is 0.0179. The number of fused-ring (bicyclic) bond motifs is 1. The van der Waals surface area contributed by atoms with Crippen LogP contribution in [0, 0.1) is 0 Å². The van der Waals surface area contributed by atoms with Crippen LogP contribution < -0.4 is 15.1 Å². The molecule has 1 atom stereocenters. The molecule has 0 radical (unpaired) electrons. The maximum Gasteiger partial charge on any atom is 0.330 e. The van der Waals surface area contributed by atoms with E-state index in [1.54, 1.807) is 48.3 Å². The molecule has 242 valence electrons. The van der Waals surface area contributed by atoms with Gasteiger partial charge in [-0.25, -0.2) is 4.79 Å². The van der Waals surface area contributed by atoms with Gasteiger partial charge in [0.15, 0.2) is 6.04 Å². The number of methoxy groups -OCH3 is 1. The molecule has 13 heteroatoms. The zero-order valence-corrected chi connectivity index (χ0v) is 26.7. The molecule has 2 heterocycles. The molecule has 2 amide bonds. The van der Waals surface area contributed by atoms with Gasteiger partial charge in [-0.1, -0.05) is 48.5 Å². The molecule has 2 aliphatic rings. The smallest absolute Gasteiger partial charge is 0.330 e. The van der Waals surface area contributed by atoms with E-state index in [1.807, 2.05) is 42.5 Å². The van der Waals surface area contributed by atoms with Gasteiger partial charge in [0, 0.05) is 50.2 Å². The van der Waals surface area contributed by atoms with Gasteiger partial charge in [0.25, 0.3) is 16.0 Å². The summed E-state index contributed by atoms with van der Waals surface area (Å²) >= 11 is 0. The maximum atomic E-state index is 14.2. The molecule has 2 N–H and O–H groups in total. The fraction of sp³-hybridized carbons (Fsp3) is 0.303. The second-order valence-electron chi connectivity index (χ2n) is 11.3. The number of anilines is 3. The molecule has 3 aromatic carbocycles. The molecule has 0 bridgehead atoms. The largest absolute Gasteiger partial charge is 0.467 e. The number of likely N-dealkylation sites (N-methyl/N-ethyl adjacent to an activating group) is 2. The van der Waals surface area contributed by atoms with E-state index in [-0.39, 0.29) is 11.5 Å². The molecule has 2 aliphatic heterocycles. The molecule has 1 unspecified atom stereocenters. The third-order valence-corrected chi connectivity index (χ3v) is 8.92. The average Bonchev–Trinajstić information content (AvgIpc) is 3.34. The lowest BCUT2D eigenvalue weighted by atomic mass is 10.00. The maximum absolute atomic E-state index is 14.2. The number of ether oxygens (including phenoxy) is 1. The molecular weight excluding hydrogens is 610 g/mol. The fourth-order valence-electron chi connectivity index (χ4n) is 5.62. The number of nitrogens with zero attached hydrogens (tertiary/aromatic N) is 4. The van der Waals surface area contributed by atoms with Gasteiger partial charge in [-0.15, -0.1) is 0 Å². The minimum Gasteiger partial charge on any atom is -0.467 e. The van der Waals surface area contributed by atoms with Crippen LogP contribution in [0.1, 0.15) is 11.1 Å². The van der Waals surface area contributed by atoms with Crippen LogP contribution in [-0.2, 0) is 29.2 Å². The van der Waals surface area contributed by atoms with Crippen molar-refractivity contribution in [3.05, 3.63) is 90.0 Å². The highest BCUT2D eigenvalue weighted by Gasteiger charge is 2.43. The molecule has 0 spiro atoms. The predicted octanol–water partition coefficient (Wildman–Crippen LogP) is 2.65. The van der Waals surface area contributed by atoms with Crippen molar-refractivity contribution in [3.63, 3.8) is 0 Å². The van der Waals surface area contributed by atoms with Gasteiger partial charge in [0.05, 0.1) is 30.6 Å². The SMILES string of the molecule is COC(=O)C(CS(=O)(=O)O)N1C(=O)/C(=C(\Nc2ccc(N(C)C(=O)CN3CCN(C)CC3)cc2)c2ccccc2)c2ccccc21. The van der Waals surface area contributed by atoms with E-state index in [2.05, 4.69) is 22.2 Å². The topological polar surface area (TPSA) is 140 Å². The molecule has 0 aliphatic carbocycles. The summed E-state index contributed by atoms with van der Waals surface area (Å²) in [6.45, 7) is 3.85. The van der Waals surface area contributed by atoms with Crippen LogP contribution in [0.5, 0.6) is 0 Å². The van der Waals surface area contributed by atoms with Crippen LogP contribution in [0.3, 0.4) is 0 Å². The Bertz CT molecular complexity index is 1740. The highest BCUT2D eigenvalue weighted by atomic mass is 32.2. The molecule has 3 aromatic rings. The van der Waals surface area contributed by atoms with E-state index in [1.165, 1.54) is 0 Å². The first-order valence-electron chi connectivity index (χ1n) is 14.8. The molecule has 1 fully saturated rings. The van der Waals surface area contributed by atoms with Gasteiger partial charge in [-0.3, -0.25) is 23.9 Å². The van der Waals surface area contributed by atoms with Crippen molar-refractivity contribution in [1.82, 2.24) is 9.80 Å². The number of esters is 1. The summed E-state index contributed by atoms with van der Waals surface area (Å²) in [6, 6.07) is 21.4. The van der Waals surface area contributed by atoms with Crippen LogP contribution in [0.4, 0.5) is 17.1 Å². The summed E-state index contributed by atoms with van der Waals surface area (Å²) in [5.41, 5.74) is 3.38. The second kappa shape index (κ2) is 13.8. The number of benzene rings is 3. The first-order chi connectivity index (χ1) is 22.0. The number of amides is 2. The van der Waals surface area contributed by atoms with Crippen LogP contribution in [-0.4, -0.2) is 106 Å². The van der Waals surface area contributed by atoms with E-state index < -0.39 is 33.8 Å². The van der Waals surface area contributed by atoms with Gasteiger partial charge in [0.2, 0.25) is 5.91 Å². The lowest BCUT2D eigenvalue weighted by Crippen LogP contribution is -2.48. The van der Waals surface area contributed by atoms with E-state index in [9.17, 15) is 27.4 Å². The lowest BCUT2D eigenvalue weighted by molar-refractivity contribution is -0.142. The Hall–Kier alpha value is -4.56. The number of rotatable bonds is 10. The van der Waals surface area contributed by atoms with E-state index in [4.69, 9.17) is 4.74 Å². The summed E-state index contributed by atoms with van der Waals surface area (Å²) in [4.78, 5) is 47.1. The summed E-state index contributed by atoms with van der Waals surface area (Å²) < 4.78 is 38.3. The standard InChI is InChI=1S/C33H37N5O7S/c1-35-17-19-37(20-18-35)21-29(39)36(2)25-15-13-24(14-16-25)34-31(23-9-5-4-6-10-23)30-26-11-7-8-12-27(26)38(32(30)40)28(33(41)45-3)22-46(42,43)44/h4-16,28,34H,17-22H2,1-3H3,(H,42,43,44)/b31-30-. The van der Waals surface area contributed by atoms with Crippen LogP contribution in [0.25, 0.3) is 11.3 Å². The number of hydrogen-bond donors (Lipinski definition) is 2. The first kappa shape index (κ1) is 32.8. The summed E-state index contributed by atoms with van der Waals surface area (Å²) in [5, 5.41) is 3.36. The predicted molar refractivity (Wildman–Crippen MR) is 177 cm³/mol. The van der Waals surface area contributed by atoms with E-state index in [0.29, 0.717) is 40.4 Å². The highest BCUT2D eigenvalue weighted by Crippen LogP contribution is 2.42. The Morgan fingerprint density at radius 3 is 2.22 bits per heavy atom. The average molecular weight is 648 g/mol. The summed E-state index contributed by atoms with van der Waals surface area (Å²) in [5.74, 6) is -2.69. The van der Waals surface area contributed by atoms with Crippen LogP contribution in [0.15, 0.2) is 78.9 Å². The third kappa shape index (κ3) is 7.29. The number of carbonyl (C=O) groups is 3. The molecule has 5 rings (SSSR count).